The second-order valence-electron chi connectivity index (χ2n) is 7.46. The zero-order valence-corrected chi connectivity index (χ0v) is 14.4. The molecule has 0 radical (unpaired) electrons. The van der Waals surface area contributed by atoms with E-state index in [0.717, 1.165) is 51.7 Å². The highest BCUT2D eigenvalue weighted by Crippen LogP contribution is 2.33. The molecule has 0 bridgehead atoms. The van der Waals surface area contributed by atoms with Crippen molar-refractivity contribution < 1.29 is 5.11 Å². The van der Waals surface area contributed by atoms with Gasteiger partial charge < -0.3 is 10.0 Å². The summed E-state index contributed by atoms with van der Waals surface area (Å²) in [6, 6.07) is 5.10. The van der Waals surface area contributed by atoms with E-state index in [1.165, 1.54) is 0 Å². The minimum absolute atomic E-state index is 0.0675. The van der Waals surface area contributed by atoms with E-state index in [-0.39, 0.29) is 5.56 Å². The molecule has 2 aliphatic rings. The molecule has 7 nitrogen and oxygen atoms in total. The van der Waals surface area contributed by atoms with Gasteiger partial charge >= 0.3 is 0 Å². The Morgan fingerprint density at radius 3 is 2.68 bits per heavy atom. The molecule has 134 valence electrons. The summed E-state index contributed by atoms with van der Waals surface area (Å²) in [6.07, 6.45) is 8.61. The number of rotatable bonds is 5. The van der Waals surface area contributed by atoms with Crippen molar-refractivity contribution in [2.45, 2.75) is 44.2 Å². The van der Waals surface area contributed by atoms with Crippen LogP contribution in [0.15, 0.2) is 35.4 Å². The quantitative estimate of drug-likeness (QED) is 0.878. The van der Waals surface area contributed by atoms with Gasteiger partial charge in [-0.2, -0.15) is 5.10 Å². The fourth-order valence-corrected chi connectivity index (χ4v) is 3.83. The van der Waals surface area contributed by atoms with Crippen LogP contribution in [-0.2, 0) is 6.54 Å². The van der Waals surface area contributed by atoms with E-state index >= 15 is 0 Å². The van der Waals surface area contributed by atoms with Crippen LogP contribution in [0.25, 0.3) is 5.82 Å². The Morgan fingerprint density at radius 1 is 1.24 bits per heavy atom. The average molecular weight is 343 g/mol. The Morgan fingerprint density at radius 2 is 2.04 bits per heavy atom. The van der Waals surface area contributed by atoms with Gasteiger partial charge in [-0.3, -0.25) is 4.79 Å². The fourth-order valence-electron chi connectivity index (χ4n) is 3.83. The number of aliphatic hydroxyl groups is 1. The predicted molar refractivity (Wildman–Crippen MR) is 93.6 cm³/mol. The van der Waals surface area contributed by atoms with Gasteiger partial charge in [-0.05, 0) is 63.2 Å². The average Bonchev–Trinajstić information content (AvgIpc) is 3.12. The van der Waals surface area contributed by atoms with Crippen LogP contribution < -0.4 is 5.56 Å². The molecule has 7 heteroatoms. The molecule has 2 aromatic rings. The van der Waals surface area contributed by atoms with Crippen molar-refractivity contribution in [1.29, 1.82) is 0 Å². The molecule has 1 aliphatic heterocycles. The molecule has 1 N–H and O–H groups in total. The van der Waals surface area contributed by atoms with Crippen LogP contribution in [0.1, 0.15) is 32.1 Å². The van der Waals surface area contributed by atoms with Crippen molar-refractivity contribution in [3.63, 3.8) is 0 Å². The summed E-state index contributed by atoms with van der Waals surface area (Å²) in [5.74, 6) is 1.11. The Balaban J connectivity index is 1.37. The Kier molecular flexibility index (Phi) is 4.43. The number of hydrogen-bond donors (Lipinski definition) is 1. The van der Waals surface area contributed by atoms with Gasteiger partial charge in [0.25, 0.3) is 5.56 Å². The normalized spacial score (nSPS) is 21.2. The monoisotopic (exact) mass is 343 g/mol. The lowest BCUT2D eigenvalue weighted by Gasteiger charge is -2.42. The molecule has 0 spiro atoms. The summed E-state index contributed by atoms with van der Waals surface area (Å²) in [5.41, 5.74) is -0.509. The molecule has 0 amide bonds. The number of β-amino-alcohol motifs (C(OH)–C–C–N with tert-alkyl or cyclic N) is 1. The highest BCUT2D eigenvalue weighted by atomic mass is 16.3. The van der Waals surface area contributed by atoms with Crippen LogP contribution in [0.3, 0.4) is 0 Å². The van der Waals surface area contributed by atoms with Gasteiger partial charge in [0.05, 0.1) is 5.60 Å². The van der Waals surface area contributed by atoms with Gasteiger partial charge in [0.2, 0.25) is 0 Å². The molecule has 0 unspecified atom stereocenters. The highest BCUT2D eigenvalue weighted by Gasteiger charge is 2.36. The summed E-state index contributed by atoms with van der Waals surface area (Å²) in [5, 5.41) is 18.9. The third kappa shape index (κ3) is 3.67. The van der Waals surface area contributed by atoms with Crippen LogP contribution >= 0.6 is 0 Å². The van der Waals surface area contributed by atoms with Crippen LogP contribution in [0, 0.1) is 5.92 Å². The number of aromatic nitrogens is 4. The highest BCUT2D eigenvalue weighted by molar-refractivity contribution is 5.17. The predicted octanol–water partition coefficient (Wildman–Crippen LogP) is 1.06. The van der Waals surface area contributed by atoms with E-state index < -0.39 is 5.60 Å². The van der Waals surface area contributed by atoms with Gasteiger partial charge in [-0.1, -0.05) is 0 Å². The number of nitrogens with zero attached hydrogens (tertiary/aromatic N) is 5. The molecule has 2 fully saturated rings. The standard InChI is InChI=1S/C18H25N5O2/c24-17-4-3-16(22-10-2-9-19-22)20-23(17)13-15-5-11-21(12-6-15)14-18(25)7-1-8-18/h2-4,9-10,15,25H,1,5-8,11-14H2. The molecule has 4 rings (SSSR count). The topological polar surface area (TPSA) is 76.2 Å². The third-order valence-corrected chi connectivity index (χ3v) is 5.53. The first-order valence-corrected chi connectivity index (χ1v) is 9.14. The van der Waals surface area contributed by atoms with Crippen LogP contribution in [0.4, 0.5) is 0 Å². The molecule has 0 aromatic carbocycles. The lowest BCUT2D eigenvalue weighted by atomic mass is 9.79. The molecule has 0 atom stereocenters. The minimum atomic E-state index is -0.441. The van der Waals surface area contributed by atoms with Crippen molar-refractivity contribution in [3.8, 4) is 5.82 Å². The molecule has 25 heavy (non-hydrogen) atoms. The van der Waals surface area contributed by atoms with Gasteiger partial charge in [-0.15, -0.1) is 5.10 Å². The second-order valence-corrected chi connectivity index (χ2v) is 7.46. The molecule has 1 saturated carbocycles. The number of likely N-dealkylation sites (tertiary alicyclic amines) is 1. The molecular weight excluding hydrogens is 318 g/mol. The van der Waals surface area contributed by atoms with Gasteiger partial charge in [0.1, 0.15) is 0 Å². The van der Waals surface area contributed by atoms with Gasteiger partial charge in [0.15, 0.2) is 5.82 Å². The first kappa shape index (κ1) is 16.5. The molecule has 2 aromatic heterocycles. The first-order valence-electron chi connectivity index (χ1n) is 9.14. The summed E-state index contributed by atoms with van der Waals surface area (Å²) < 4.78 is 3.23. The third-order valence-electron chi connectivity index (χ3n) is 5.53. The Bertz CT molecular complexity index is 758. The van der Waals surface area contributed by atoms with Crippen molar-refractivity contribution >= 4 is 0 Å². The smallest absolute Gasteiger partial charge is 0.266 e. The SMILES string of the molecule is O=c1ccc(-n2cccn2)nn1CC1CCN(CC2(O)CCC2)CC1. The largest absolute Gasteiger partial charge is 0.389 e. The van der Waals surface area contributed by atoms with Gasteiger partial charge in [-0.25, -0.2) is 9.36 Å². The van der Waals surface area contributed by atoms with E-state index in [2.05, 4.69) is 15.1 Å². The zero-order valence-electron chi connectivity index (χ0n) is 14.4. The maximum absolute atomic E-state index is 12.1. The number of hydrogen-bond acceptors (Lipinski definition) is 5. The Hall–Kier alpha value is -1.99. The summed E-state index contributed by atoms with van der Waals surface area (Å²) >= 11 is 0. The lowest BCUT2D eigenvalue weighted by molar-refractivity contribution is -0.0640. The van der Waals surface area contributed by atoms with Crippen molar-refractivity contribution in [1.82, 2.24) is 24.5 Å². The number of piperidine rings is 1. The maximum atomic E-state index is 12.1. The van der Waals surface area contributed by atoms with Crippen LogP contribution in [0.2, 0.25) is 0 Å². The summed E-state index contributed by atoms with van der Waals surface area (Å²) in [7, 11) is 0. The zero-order chi connectivity index (χ0) is 17.3. The second kappa shape index (κ2) is 6.72. The van der Waals surface area contributed by atoms with E-state index in [1.54, 1.807) is 27.7 Å². The van der Waals surface area contributed by atoms with Crippen molar-refractivity contribution in [3.05, 3.63) is 40.9 Å². The van der Waals surface area contributed by atoms with E-state index in [9.17, 15) is 9.90 Å². The molecule has 3 heterocycles. The molecule has 1 saturated heterocycles. The first-order chi connectivity index (χ1) is 12.1. The minimum Gasteiger partial charge on any atom is -0.389 e. The lowest BCUT2D eigenvalue weighted by Crippen LogP contribution is -2.50. The molecule has 1 aliphatic carbocycles. The van der Waals surface area contributed by atoms with Gasteiger partial charge in [0, 0.05) is 31.5 Å². The molecular formula is C18H25N5O2. The summed E-state index contributed by atoms with van der Waals surface area (Å²) in [4.78, 5) is 14.5. The van der Waals surface area contributed by atoms with Crippen LogP contribution in [0.5, 0.6) is 0 Å². The maximum Gasteiger partial charge on any atom is 0.266 e. The van der Waals surface area contributed by atoms with E-state index in [1.807, 2.05) is 12.3 Å². The van der Waals surface area contributed by atoms with Crippen molar-refractivity contribution in [2.24, 2.45) is 5.92 Å². The van der Waals surface area contributed by atoms with Crippen molar-refractivity contribution in [2.75, 3.05) is 19.6 Å². The summed E-state index contributed by atoms with van der Waals surface area (Å²) in [6.45, 7) is 3.42. The van der Waals surface area contributed by atoms with E-state index in [0.29, 0.717) is 18.3 Å². The Labute approximate surface area is 146 Å². The van der Waals surface area contributed by atoms with Crippen LogP contribution in [-0.4, -0.2) is 54.8 Å². The fraction of sp³-hybridized carbons (Fsp3) is 0.611. The van der Waals surface area contributed by atoms with E-state index in [4.69, 9.17) is 0 Å².